The molecule has 24 heavy (non-hydrogen) atoms. The van der Waals surface area contributed by atoms with Gasteiger partial charge in [-0.2, -0.15) is 0 Å². The van der Waals surface area contributed by atoms with Gasteiger partial charge in [-0.15, -0.1) is 0 Å². The average molecular weight is 418 g/mol. The molecule has 132 valence electrons. The largest absolute Gasteiger partial charge is 0.206 e. The summed E-state index contributed by atoms with van der Waals surface area (Å²) in [5.74, 6) is 1.59. The third-order valence-corrected chi connectivity index (χ3v) is 6.98. The molecule has 0 saturated heterocycles. The van der Waals surface area contributed by atoms with Crippen molar-refractivity contribution in [1.29, 1.82) is 0 Å². The lowest BCUT2D eigenvalue weighted by atomic mass is 9.68. The van der Waals surface area contributed by atoms with Crippen LogP contribution in [0.4, 0.5) is 8.78 Å². The zero-order chi connectivity index (χ0) is 17.1. The summed E-state index contributed by atoms with van der Waals surface area (Å²) in [4.78, 5) is 0. The van der Waals surface area contributed by atoms with Gasteiger partial charge in [0.25, 0.3) is 0 Å². The maximum Gasteiger partial charge on any atom is 0.140 e. The fourth-order valence-electron chi connectivity index (χ4n) is 4.65. The second-order valence-corrected chi connectivity index (χ2v) is 8.45. The lowest BCUT2D eigenvalue weighted by Gasteiger charge is -2.37. The van der Waals surface area contributed by atoms with Gasteiger partial charge in [-0.1, -0.05) is 17.7 Å². The summed E-state index contributed by atoms with van der Waals surface area (Å²) in [5.41, 5.74) is 2.48. The van der Waals surface area contributed by atoms with Gasteiger partial charge >= 0.3 is 0 Å². The van der Waals surface area contributed by atoms with Crippen LogP contribution < -0.4 is 0 Å². The van der Waals surface area contributed by atoms with Crippen molar-refractivity contribution in [3.8, 4) is 0 Å². The predicted molar refractivity (Wildman–Crippen MR) is 99.2 cm³/mol. The van der Waals surface area contributed by atoms with E-state index < -0.39 is 11.6 Å². The topological polar surface area (TPSA) is 0 Å². The smallest absolute Gasteiger partial charge is 0.140 e. The zero-order valence-corrected chi connectivity index (χ0v) is 16.1. The molecule has 0 spiro atoms. The van der Waals surface area contributed by atoms with E-state index in [9.17, 15) is 8.78 Å². The van der Waals surface area contributed by atoms with Gasteiger partial charge in [0.05, 0.1) is 4.47 Å². The number of hydrogen-bond donors (Lipinski definition) is 0. The van der Waals surface area contributed by atoms with Gasteiger partial charge in [0.15, 0.2) is 0 Å². The third kappa shape index (κ3) is 4.22. The van der Waals surface area contributed by atoms with Crippen molar-refractivity contribution in [2.75, 3.05) is 0 Å². The Morgan fingerprint density at radius 1 is 0.875 bits per heavy atom. The van der Waals surface area contributed by atoms with Crippen LogP contribution in [-0.4, -0.2) is 0 Å². The Morgan fingerprint density at radius 2 is 1.38 bits per heavy atom. The van der Waals surface area contributed by atoms with E-state index in [1.807, 2.05) is 0 Å². The fourth-order valence-corrected chi connectivity index (χ4v) is 5.08. The minimum atomic E-state index is -0.488. The van der Waals surface area contributed by atoms with Crippen molar-refractivity contribution in [3.05, 3.63) is 45.4 Å². The molecule has 1 aromatic carbocycles. The van der Waals surface area contributed by atoms with Crippen molar-refractivity contribution in [1.82, 2.24) is 0 Å². The second-order valence-electron chi connectivity index (χ2n) is 7.40. The number of rotatable bonds is 3. The molecule has 0 aromatic heterocycles. The number of benzene rings is 1. The van der Waals surface area contributed by atoms with Crippen LogP contribution in [0.25, 0.3) is 0 Å². The molecule has 0 aliphatic heterocycles. The normalized spacial score (nSPS) is 31.5. The molecule has 2 aliphatic rings. The Labute approximate surface area is 156 Å². The summed E-state index contributed by atoms with van der Waals surface area (Å²) >= 11 is 8.64. The van der Waals surface area contributed by atoms with Crippen LogP contribution >= 0.6 is 27.5 Å². The van der Waals surface area contributed by atoms with Crippen molar-refractivity contribution in [2.45, 2.75) is 57.3 Å². The summed E-state index contributed by atoms with van der Waals surface area (Å²) < 4.78 is 27.5. The van der Waals surface area contributed by atoms with Gasteiger partial charge in [-0.05, 0) is 109 Å². The van der Waals surface area contributed by atoms with Gasteiger partial charge < -0.3 is 0 Å². The van der Waals surface area contributed by atoms with Gasteiger partial charge in [0.1, 0.15) is 11.6 Å². The molecule has 2 fully saturated rings. The van der Waals surface area contributed by atoms with Gasteiger partial charge in [-0.25, -0.2) is 8.78 Å². The Hall–Kier alpha value is -0.410. The monoisotopic (exact) mass is 416 g/mol. The van der Waals surface area contributed by atoms with Gasteiger partial charge in [0, 0.05) is 5.54 Å². The highest BCUT2D eigenvalue weighted by molar-refractivity contribution is 9.10. The van der Waals surface area contributed by atoms with E-state index in [-0.39, 0.29) is 4.47 Å². The SMILES string of the molecule is Fc1cc(C2CCC(C3CCC(/C=C/Cl)CC3)CC2)cc(F)c1Br. The molecule has 4 heteroatoms. The summed E-state index contributed by atoms with van der Waals surface area (Å²) in [6, 6.07) is 3.00. The summed E-state index contributed by atoms with van der Waals surface area (Å²) in [7, 11) is 0. The summed E-state index contributed by atoms with van der Waals surface area (Å²) in [6.07, 6.45) is 11.7. The number of halogens is 4. The van der Waals surface area contributed by atoms with E-state index in [0.29, 0.717) is 11.8 Å². The van der Waals surface area contributed by atoms with Crippen molar-refractivity contribution in [3.63, 3.8) is 0 Å². The molecule has 3 rings (SSSR count). The maximum absolute atomic E-state index is 13.8. The standard InChI is InChI=1S/C20H24BrClF2/c21-20-18(23)11-17(12-19(20)24)16-7-5-15(6-8-16)14-3-1-13(2-4-14)9-10-22/h9-16H,1-8H2/b10-9+. The highest BCUT2D eigenvalue weighted by Crippen LogP contribution is 2.44. The van der Waals surface area contributed by atoms with Crippen LogP contribution in [0.3, 0.4) is 0 Å². The van der Waals surface area contributed by atoms with Crippen LogP contribution in [0.15, 0.2) is 28.2 Å². The molecule has 0 unspecified atom stereocenters. The summed E-state index contributed by atoms with van der Waals surface area (Å²) in [5, 5.41) is 0. The maximum atomic E-state index is 13.8. The first-order chi connectivity index (χ1) is 11.6. The molecule has 0 N–H and O–H groups in total. The van der Waals surface area contributed by atoms with Crippen molar-refractivity contribution < 1.29 is 8.78 Å². The first-order valence-electron chi connectivity index (χ1n) is 8.99. The number of allylic oxidation sites excluding steroid dienone is 1. The Bertz CT molecular complexity index is 562. The first-order valence-corrected chi connectivity index (χ1v) is 10.2. The van der Waals surface area contributed by atoms with E-state index in [1.165, 1.54) is 50.7 Å². The third-order valence-electron chi connectivity index (χ3n) is 6.08. The summed E-state index contributed by atoms with van der Waals surface area (Å²) in [6.45, 7) is 0. The van der Waals surface area contributed by atoms with Crippen LogP contribution in [0.1, 0.15) is 62.8 Å². The second kappa shape index (κ2) is 8.31. The van der Waals surface area contributed by atoms with E-state index in [2.05, 4.69) is 22.0 Å². The molecule has 0 nitrogen and oxygen atoms in total. The van der Waals surface area contributed by atoms with Crippen molar-refractivity contribution >= 4 is 27.5 Å². The van der Waals surface area contributed by atoms with Crippen LogP contribution in [0.2, 0.25) is 0 Å². The molecular weight excluding hydrogens is 394 g/mol. The average Bonchev–Trinajstić information content (AvgIpc) is 2.60. The van der Waals surface area contributed by atoms with E-state index in [4.69, 9.17) is 11.6 Å². The molecule has 2 aliphatic carbocycles. The molecular formula is C20H24BrClF2. The van der Waals surface area contributed by atoms with E-state index in [1.54, 1.807) is 5.54 Å². The van der Waals surface area contributed by atoms with Crippen LogP contribution in [0, 0.1) is 29.4 Å². The number of hydrogen-bond acceptors (Lipinski definition) is 0. The first kappa shape index (κ1) is 18.4. The zero-order valence-electron chi connectivity index (χ0n) is 13.8. The highest BCUT2D eigenvalue weighted by Gasteiger charge is 2.31. The van der Waals surface area contributed by atoms with Gasteiger partial charge in [0.2, 0.25) is 0 Å². The van der Waals surface area contributed by atoms with Crippen molar-refractivity contribution in [2.24, 2.45) is 17.8 Å². The molecule has 0 bridgehead atoms. The molecule has 0 atom stereocenters. The predicted octanol–water partition coefficient (Wildman–Crippen LogP) is 7.56. The molecule has 0 amide bonds. The minimum absolute atomic E-state index is 0.0531. The van der Waals surface area contributed by atoms with E-state index in [0.717, 1.165) is 30.2 Å². The molecule has 2 saturated carbocycles. The lowest BCUT2D eigenvalue weighted by molar-refractivity contribution is 0.171. The molecule has 0 radical (unpaired) electrons. The van der Waals surface area contributed by atoms with Gasteiger partial charge in [-0.3, -0.25) is 0 Å². The van der Waals surface area contributed by atoms with Crippen LogP contribution in [-0.2, 0) is 0 Å². The lowest BCUT2D eigenvalue weighted by Crippen LogP contribution is -2.25. The van der Waals surface area contributed by atoms with E-state index >= 15 is 0 Å². The Balaban J connectivity index is 1.55. The molecule has 0 heterocycles. The fraction of sp³-hybridized carbons (Fsp3) is 0.600. The highest BCUT2D eigenvalue weighted by atomic mass is 79.9. The van der Waals surface area contributed by atoms with Crippen LogP contribution in [0.5, 0.6) is 0 Å². The quantitative estimate of drug-likeness (QED) is 0.445. The Kier molecular flexibility index (Phi) is 6.37. The minimum Gasteiger partial charge on any atom is -0.206 e. The molecule has 1 aromatic rings. The Morgan fingerprint density at radius 3 is 1.88 bits per heavy atom.